The van der Waals surface area contributed by atoms with Crippen LogP contribution >= 0.6 is 10.8 Å². The number of benzene rings is 1. The van der Waals surface area contributed by atoms with Gasteiger partial charge in [-0.3, -0.25) is 13.9 Å². The van der Waals surface area contributed by atoms with E-state index in [9.17, 15) is 19.0 Å². The van der Waals surface area contributed by atoms with E-state index < -0.39 is 16.3 Å². The Morgan fingerprint density at radius 2 is 1.88 bits per heavy atom. The fraction of sp³-hybridized carbons (Fsp3) is 0. The van der Waals surface area contributed by atoms with E-state index in [2.05, 4.69) is 19.7 Å². The number of H-pyrrole nitrogens is 1. The third kappa shape index (κ3) is 2.14. The Morgan fingerprint density at radius 1 is 1.08 bits per heavy atom. The Kier molecular flexibility index (Phi) is 3.10. The van der Waals surface area contributed by atoms with Crippen LogP contribution in [0.4, 0.5) is 5.69 Å². The summed E-state index contributed by atoms with van der Waals surface area (Å²) in [6.07, 6.45) is 1.49. The van der Waals surface area contributed by atoms with Crippen LogP contribution in [0.25, 0.3) is 11.0 Å². The normalized spacial score (nSPS) is 16.8. The van der Waals surface area contributed by atoms with Crippen molar-refractivity contribution in [3.63, 3.8) is 0 Å². The Bertz CT molecular complexity index is 1060. The fourth-order valence-corrected chi connectivity index (χ4v) is 3.74. The van der Waals surface area contributed by atoms with Crippen LogP contribution in [-0.2, 0) is 0 Å². The summed E-state index contributed by atoms with van der Waals surface area (Å²) in [6, 6.07) is 9.73. The van der Waals surface area contributed by atoms with E-state index in [0.717, 1.165) is 0 Å². The number of amidine groups is 1. The maximum absolute atomic E-state index is 12.3. The summed E-state index contributed by atoms with van der Waals surface area (Å²) in [7, 11) is -3.48. The van der Waals surface area contributed by atoms with E-state index in [-0.39, 0.29) is 27.7 Å². The minimum atomic E-state index is -3.48. The van der Waals surface area contributed by atoms with Gasteiger partial charge >= 0.3 is 0 Å². The number of pyridine rings is 2. The number of fused-ring (bicyclic) bond motifs is 2. The Morgan fingerprint density at radius 3 is 2.71 bits per heavy atom. The molecule has 2 aromatic heterocycles. The quantitative estimate of drug-likeness (QED) is 0.461. The van der Waals surface area contributed by atoms with Crippen molar-refractivity contribution in [2.45, 2.75) is 4.90 Å². The molecule has 0 saturated heterocycles. The lowest BCUT2D eigenvalue weighted by atomic mass is 10.1. The largest absolute Gasteiger partial charge is 0.506 e. The number of aromatic nitrogens is 2. The van der Waals surface area contributed by atoms with Crippen molar-refractivity contribution in [1.29, 1.82) is 0 Å². The second-order valence-corrected chi connectivity index (χ2v) is 6.82. The minimum Gasteiger partial charge on any atom is -0.506 e. The molecular weight excluding hydrogens is 332 g/mol. The molecule has 0 bridgehead atoms. The van der Waals surface area contributed by atoms with Crippen LogP contribution in [0, 0.1) is 0 Å². The second-order valence-electron chi connectivity index (χ2n) is 5.16. The first-order valence-corrected chi connectivity index (χ1v) is 8.42. The standard InChI is InChI=1S/C15H12N4O4S/c20-12-8-4-3-7-16-13(8)18-15(21)11(12)14-17-9-5-1-2-6-10(9)24(22,23)19-14/h1-7,22-23H,(H,17,19)(H2,16,18,20,21). The van der Waals surface area contributed by atoms with E-state index in [1.807, 2.05) is 0 Å². The molecule has 4 rings (SSSR count). The number of hydrogen-bond donors (Lipinski definition) is 5. The zero-order valence-electron chi connectivity index (χ0n) is 12.1. The summed E-state index contributed by atoms with van der Waals surface area (Å²) in [5.74, 6) is -0.444. The first-order chi connectivity index (χ1) is 11.5. The molecule has 0 fully saturated rings. The van der Waals surface area contributed by atoms with Crippen LogP contribution in [0.3, 0.4) is 0 Å². The lowest BCUT2D eigenvalue weighted by Gasteiger charge is -2.34. The van der Waals surface area contributed by atoms with E-state index in [1.54, 1.807) is 30.3 Å². The average molecular weight is 344 g/mol. The lowest BCUT2D eigenvalue weighted by molar-refractivity contribution is 0.479. The first-order valence-electron chi connectivity index (χ1n) is 6.92. The van der Waals surface area contributed by atoms with Crippen LogP contribution in [-0.4, -0.2) is 30.0 Å². The van der Waals surface area contributed by atoms with Gasteiger partial charge in [0.05, 0.1) is 11.1 Å². The van der Waals surface area contributed by atoms with Gasteiger partial charge in [0.1, 0.15) is 21.9 Å². The molecule has 0 radical (unpaired) electrons. The van der Waals surface area contributed by atoms with Gasteiger partial charge in [0.15, 0.2) is 5.84 Å². The van der Waals surface area contributed by atoms with Crippen molar-refractivity contribution < 1.29 is 14.2 Å². The molecule has 8 nitrogen and oxygen atoms in total. The Hall–Kier alpha value is -2.88. The summed E-state index contributed by atoms with van der Waals surface area (Å²) in [5.41, 5.74) is -0.177. The van der Waals surface area contributed by atoms with E-state index in [1.165, 1.54) is 12.3 Å². The van der Waals surface area contributed by atoms with Crippen molar-refractivity contribution in [3.8, 4) is 5.75 Å². The van der Waals surface area contributed by atoms with E-state index in [4.69, 9.17) is 0 Å². The van der Waals surface area contributed by atoms with Crippen molar-refractivity contribution in [2.75, 3.05) is 5.32 Å². The molecule has 0 spiro atoms. The van der Waals surface area contributed by atoms with Gasteiger partial charge in [0.25, 0.3) is 5.56 Å². The highest BCUT2D eigenvalue weighted by molar-refractivity contribution is 8.23. The van der Waals surface area contributed by atoms with Gasteiger partial charge in [0, 0.05) is 6.20 Å². The molecule has 0 aliphatic carbocycles. The highest BCUT2D eigenvalue weighted by Gasteiger charge is 2.29. The molecule has 0 unspecified atom stereocenters. The third-order valence-corrected chi connectivity index (χ3v) is 5.03. The number of hydrogen-bond acceptors (Lipinski definition) is 7. The summed E-state index contributed by atoms with van der Waals surface area (Å²) in [6.45, 7) is 0. The molecule has 0 amide bonds. The van der Waals surface area contributed by atoms with Crippen molar-refractivity contribution in [2.24, 2.45) is 4.40 Å². The SMILES string of the molecule is O=c1[nH]c2ncccc2c(O)c1C1=NS(O)(O)c2ccccc2N1. The monoisotopic (exact) mass is 344 g/mol. The number of nitrogens with zero attached hydrogens (tertiary/aromatic N) is 2. The average Bonchev–Trinajstić information content (AvgIpc) is 2.54. The van der Waals surface area contributed by atoms with Gasteiger partial charge in [-0.25, -0.2) is 4.98 Å². The molecular formula is C15H12N4O4S. The zero-order valence-corrected chi connectivity index (χ0v) is 12.9. The molecule has 0 saturated carbocycles. The number of nitrogens with one attached hydrogen (secondary N) is 2. The maximum atomic E-state index is 12.3. The van der Waals surface area contributed by atoms with Crippen molar-refractivity contribution >= 4 is 33.3 Å². The predicted molar refractivity (Wildman–Crippen MR) is 91.7 cm³/mol. The van der Waals surface area contributed by atoms with Crippen LogP contribution in [0.15, 0.2) is 56.7 Å². The van der Waals surface area contributed by atoms with Gasteiger partial charge in [0.2, 0.25) is 0 Å². The number of anilines is 1. The van der Waals surface area contributed by atoms with Crippen molar-refractivity contribution in [1.82, 2.24) is 9.97 Å². The summed E-state index contributed by atoms with van der Waals surface area (Å²) < 4.78 is 24.4. The van der Waals surface area contributed by atoms with Crippen molar-refractivity contribution in [3.05, 3.63) is 58.5 Å². The second kappa shape index (κ2) is 5.06. The Balaban J connectivity index is 1.96. The number of aromatic hydroxyl groups is 1. The number of para-hydroxylation sites is 1. The smallest absolute Gasteiger partial charge is 0.264 e. The summed E-state index contributed by atoms with van der Waals surface area (Å²) in [5, 5.41) is 13.7. The molecule has 3 aromatic rings. The first kappa shape index (κ1) is 14.7. The molecule has 3 heterocycles. The molecule has 1 aromatic carbocycles. The molecule has 0 atom stereocenters. The maximum Gasteiger partial charge on any atom is 0.264 e. The van der Waals surface area contributed by atoms with Gasteiger partial charge in [-0.1, -0.05) is 22.9 Å². The van der Waals surface area contributed by atoms with Crippen LogP contribution in [0.5, 0.6) is 5.75 Å². The molecule has 9 heteroatoms. The van der Waals surface area contributed by atoms with Crippen LogP contribution in [0.2, 0.25) is 0 Å². The number of rotatable bonds is 1. The van der Waals surface area contributed by atoms with Gasteiger partial charge < -0.3 is 15.4 Å². The third-order valence-electron chi connectivity index (χ3n) is 3.65. The molecule has 1 aliphatic heterocycles. The summed E-state index contributed by atoms with van der Waals surface area (Å²) >= 11 is 0. The van der Waals surface area contributed by atoms with Crippen LogP contribution < -0.4 is 10.9 Å². The topological polar surface area (TPSA) is 131 Å². The minimum absolute atomic E-state index is 0.113. The highest BCUT2D eigenvalue weighted by atomic mass is 32.3. The summed E-state index contributed by atoms with van der Waals surface area (Å²) in [4.78, 5) is 19.1. The Labute approximate surface area is 137 Å². The molecule has 122 valence electrons. The van der Waals surface area contributed by atoms with Gasteiger partial charge in [-0.2, -0.15) is 0 Å². The number of aromatic amines is 1. The molecule has 1 aliphatic rings. The van der Waals surface area contributed by atoms with Crippen LogP contribution in [0.1, 0.15) is 5.56 Å². The predicted octanol–water partition coefficient (Wildman–Crippen LogP) is 2.53. The molecule has 24 heavy (non-hydrogen) atoms. The van der Waals surface area contributed by atoms with Gasteiger partial charge in [-0.05, 0) is 24.3 Å². The molecule has 5 N–H and O–H groups in total. The van der Waals surface area contributed by atoms with Gasteiger partial charge in [-0.15, -0.1) is 4.40 Å². The highest BCUT2D eigenvalue weighted by Crippen LogP contribution is 2.55. The zero-order chi connectivity index (χ0) is 16.9. The lowest BCUT2D eigenvalue weighted by Crippen LogP contribution is -2.28. The fourth-order valence-electron chi connectivity index (χ4n) is 2.57. The van der Waals surface area contributed by atoms with E-state index >= 15 is 0 Å². The van der Waals surface area contributed by atoms with E-state index in [0.29, 0.717) is 11.1 Å².